The van der Waals surface area contributed by atoms with E-state index in [2.05, 4.69) is 46.2 Å². The first-order valence-electron chi connectivity index (χ1n) is 10.7. The molecule has 0 spiro atoms. The van der Waals surface area contributed by atoms with Gasteiger partial charge in [-0.25, -0.2) is 9.67 Å². The molecule has 4 aromatic rings. The Morgan fingerprint density at radius 3 is 2.28 bits per heavy atom. The minimum Gasteiger partial charge on any atom is -0.491 e. The molecule has 0 aliphatic heterocycles. The molecule has 0 saturated heterocycles. The standard InChI is InChI=1S/C26H28N4O2/c1-20(21-8-12-24(13-9-21)30-19-27-18-28-30)29(2)16-25(31)17-32-26-14-10-23(11-15-26)22-6-4-3-5-7-22/h3-15,18-20,25,31H,16-17H2,1-2H3/t20-,25-/m0/s1. The maximum Gasteiger partial charge on any atom is 0.138 e. The molecule has 1 heterocycles. The van der Waals surface area contributed by atoms with E-state index >= 15 is 0 Å². The highest BCUT2D eigenvalue weighted by Crippen LogP contribution is 2.23. The van der Waals surface area contributed by atoms with Gasteiger partial charge in [-0.15, -0.1) is 0 Å². The lowest BCUT2D eigenvalue weighted by Gasteiger charge is -2.27. The second-order valence-electron chi connectivity index (χ2n) is 7.90. The van der Waals surface area contributed by atoms with Crippen LogP contribution in [0.4, 0.5) is 0 Å². The molecular weight excluding hydrogens is 400 g/mol. The lowest BCUT2D eigenvalue weighted by atomic mass is 10.1. The molecule has 0 fully saturated rings. The highest BCUT2D eigenvalue weighted by atomic mass is 16.5. The van der Waals surface area contributed by atoms with Crippen molar-refractivity contribution in [3.05, 3.63) is 97.1 Å². The summed E-state index contributed by atoms with van der Waals surface area (Å²) < 4.78 is 7.54. The van der Waals surface area contributed by atoms with E-state index in [-0.39, 0.29) is 12.6 Å². The summed E-state index contributed by atoms with van der Waals surface area (Å²) in [7, 11) is 2.01. The van der Waals surface area contributed by atoms with Crippen LogP contribution in [0.3, 0.4) is 0 Å². The number of likely N-dealkylation sites (N-methyl/N-ethyl adjacent to an activating group) is 1. The summed E-state index contributed by atoms with van der Waals surface area (Å²) >= 11 is 0. The lowest BCUT2D eigenvalue weighted by Crippen LogP contribution is -2.34. The predicted molar refractivity (Wildman–Crippen MR) is 126 cm³/mol. The number of hydrogen-bond acceptors (Lipinski definition) is 5. The number of aliphatic hydroxyl groups excluding tert-OH is 1. The van der Waals surface area contributed by atoms with Crippen LogP contribution in [0.1, 0.15) is 18.5 Å². The van der Waals surface area contributed by atoms with Crippen molar-refractivity contribution in [2.75, 3.05) is 20.2 Å². The summed E-state index contributed by atoms with van der Waals surface area (Å²) in [6.07, 6.45) is 2.60. The van der Waals surface area contributed by atoms with E-state index in [4.69, 9.17) is 4.74 Å². The highest BCUT2D eigenvalue weighted by Gasteiger charge is 2.16. The van der Waals surface area contributed by atoms with Crippen LogP contribution >= 0.6 is 0 Å². The number of aromatic nitrogens is 3. The molecule has 164 valence electrons. The normalized spacial score (nSPS) is 13.1. The Hall–Kier alpha value is -3.48. The second kappa shape index (κ2) is 10.2. The molecule has 6 nitrogen and oxygen atoms in total. The smallest absolute Gasteiger partial charge is 0.138 e. The number of hydrogen-bond donors (Lipinski definition) is 1. The largest absolute Gasteiger partial charge is 0.491 e. The monoisotopic (exact) mass is 428 g/mol. The third kappa shape index (κ3) is 5.41. The summed E-state index contributed by atoms with van der Waals surface area (Å²) in [4.78, 5) is 6.10. The van der Waals surface area contributed by atoms with E-state index < -0.39 is 6.10 Å². The van der Waals surface area contributed by atoms with Gasteiger partial charge in [0.1, 0.15) is 31.1 Å². The molecule has 6 heteroatoms. The Kier molecular flexibility index (Phi) is 6.94. The molecular formula is C26H28N4O2. The first-order chi connectivity index (χ1) is 15.6. The number of ether oxygens (including phenoxy) is 1. The molecule has 1 aromatic heterocycles. The van der Waals surface area contributed by atoms with Gasteiger partial charge in [0.05, 0.1) is 5.69 Å². The van der Waals surface area contributed by atoms with Gasteiger partial charge in [0.25, 0.3) is 0 Å². The van der Waals surface area contributed by atoms with Crippen LogP contribution in [-0.2, 0) is 0 Å². The number of nitrogens with zero attached hydrogens (tertiary/aromatic N) is 4. The summed E-state index contributed by atoms with van der Waals surface area (Å²) in [5, 5.41) is 14.6. The zero-order chi connectivity index (χ0) is 22.3. The third-order valence-electron chi connectivity index (χ3n) is 5.62. The van der Waals surface area contributed by atoms with Crippen molar-refractivity contribution in [2.24, 2.45) is 0 Å². The van der Waals surface area contributed by atoms with Crippen molar-refractivity contribution in [3.63, 3.8) is 0 Å². The maximum absolute atomic E-state index is 10.5. The van der Waals surface area contributed by atoms with E-state index in [1.165, 1.54) is 17.5 Å². The Morgan fingerprint density at radius 2 is 1.62 bits per heavy atom. The van der Waals surface area contributed by atoms with Crippen LogP contribution in [0.15, 0.2) is 91.5 Å². The van der Waals surface area contributed by atoms with Gasteiger partial charge < -0.3 is 9.84 Å². The van der Waals surface area contributed by atoms with Crippen LogP contribution in [0.2, 0.25) is 0 Å². The molecule has 0 bridgehead atoms. The molecule has 0 aliphatic carbocycles. The Morgan fingerprint density at radius 1 is 0.938 bits per heavy atom. The average molecular weight is 429 g/mol. The molecule has 0 radical (unpaired) electrons. The van der Waals surface area contributed by atoms with Gasteiger partial charge in [-0.2, -0.15) is 5.10 Å². The van der Waals surface area contributed by atoms with Gasteiger partial charge in [-0.1, -0.05) is 54.6 Å². The van der Waals surface area contributed by atoms with Gasteiger partial charge in [0.2, 0.25) is 0 Å². The van der Waals surface area contributed by atoms with Crippen molar-refractivity contribution in [1.82, 2.24) is 19.7 Å². The quantitative estimate of drug-likeness (QED) is 0.429. The Labute approximate surface area is 188 Å². The zero-order valence-corrected chi connectivity index (χ0v) is 18.4. The Balaban J connectivity index is 1.27. The number of benzene rings is 3. The average Bonchev–Trinajstić information content (AvgIpc) is 3.38. The highest BCUT2D eigenvalue weighted by molar-refractivity contribution is 5.63. The van der Waals surface area contributed by atoms with Crippen molar-refractivity contribution < 1.29 is 9.84 Å². The molecule has 3 aromatic carbocycles. The summed E-state index contributed by atoms with van der Waals surface area (Å²) in [6.45, 7) is 2.88. The van der Waals surface area contributed by atoms with Gasteiger partial charge in [-0.05, 0) is 54.9 Å². The summed E-state index contributed by atoms with van der Waals surface area (Å²) in [5.41, 5.74) is 4.44. The van der Waals surface area contributed by atoms with Crippen LogP contribution < -0.4 is 4.74 Å². The Bertz CT molecular complexity index is 1080. The molecule has 2 atom stereocenters. The molecule has 0 amide bonds. The first kappa shape index (κ1) is 21.7. The van der Waals surface area contributed by atoms with Gasteiger partial charge >= 0.3 is 0 Å². The fraction of sp³-hybridized carbons (Fsp3) is 0.231. The minimum absolute atomic E-state index is 0.152. The maximum atomic E-state index is 10.5. The third-order valence-corrected chi connectivity index (χ3v) is 5.62. The fourth-order valence-corrected chi connectivity index (χ4v) is 3.61. The van der Waals surface area contributed by atoms with Crippen molar-refractivity contribution in [3.8, 4) is 22.6 Å². The van der Waals surface area contributed by atoms with E-state index in [0.717, 1.165) is 17.0 Å². The van der Waals surface area contributed by atoms with E-state index in [9.17, 15) is 5.11 Å². The van der Waals surface area contributed by atoms with Crippen LogP contribution in [0.5, 0.6) is 5.75 Å². The molecule has 0 saturated carbocycles. The van der Waals surface area contributed by atoms with Gasteiger partial charge in [0.15, 0.2) is 0 Å². The van der Waals surface area contributed by atoms with Crippen LogP contribution in [0.25, 0.3) is 16.8 Å². The van der Waals surface area contributed by atoms with Crippen LogP contribution in [0, 0.1) is 0 Å². The molecule has 32 heavy (non-hydrogen) atoms. The lowest BCUT2D eigenvalue weighted by molar-refractivity contribution is 0.0654. The molecule has 0 unspecified atom stereocenters. The van der Waals surface area contributed by atoms with E-state index in [1.54, 1.807) is 11.0 Å². The molecule has 0 aliphatic rings. The van der Waals surface area contributed by atoms with Crippen molar-refractivity contribution >= 4 is 0 Å². The SMILES string of the molecule is C[C@@H](c1ccc(-n2cncn2)cc1)N(C)C[C@H](O)COc1ccc(-c2ccccc2)cc1. The number of rotatable bonds is 9. The first-order valence-corrected chi connectivity index (χ1v) is 10.7. The van der Waals surface area contributed by atoms with Crippen LogP contribution in [-0.4, -0.2) is 51.1 Å². The molecule has 1 N–H and O–H groups in total. The predicted octanol–water partition coefficient (Wildman–Crippen LogP) is 4.37. The topological polar surface area (TPSA) is 63.4 Å². The molecule has 4 rings (SSSR count). The fourth-order valence-electron chi connectivity index (χ4n) is 3.61. The summed E-state index contributed by atoms with van der Waals surface area (Å²) in [6, 6.07) is 26.5. The minimum atomic E-state index is -0.592. The number of aliphatic hydroxyl groups is 1. The van der Waals surface area contributed by atoms with Gasteiger partial charge in [-0.3, -0.25) is 4.90 Å². The van der Waals surface area contributed by atoms with Crippen molar-refractivity contribution in [2.45, 2.75) is 19.1 Å². The van der Waals surface area contributed by atoms with Gasteiger partial charge in [0, 0.05) is 12.6 Å². The van der Waals surface area contributed by atoms with Crippen molar-refractivity contribution in [1.29, 1.82) is 0 Å². The second-order valence-corrected chi connectivity index (χ2v) is 7.90. The van der Waals surface area contributed by atoms with E-state index in [1.807, 2.05) is 61.6 Å². The summed E-state index contributed by atoms with van der Waals surface area (Å²) in [5.74, 6) is 0.753. The zero-order valence-electron chi connectivity index (χ0n) is 18.4. The van der Waals surface area contributed by atoms with E-state index in [0.29, 0.717) is 6.54 Å².